The van der Waals surface area contributed by atoms with Gasteiger partial charge in [0.25, 0.3) is 5.91 Å². The summed E-state index contributed by atoms with van der Waals surface area (Å²) < 4.78 is 35.4. The van der Waals surface area contributed by atoms with Gasteiger partial charge in [-0.25, -0.2) is 4.98 Å². The molecule has 0 aliphatic carbocycles. The van der Waals surface area contributed by atoms with E-state index >= 15 is 0 Å². The summed E-state index contributed by atoms with van der Waals surface area (Å²) in [4.78, 5) is 15.0. The van der Waals surface area contributed by atoms with Crippen molar-refractivity contribution < 1.29 is 23.1 Å². The number of nitrogens with one attached hydrogen (secondary N) is 1. The van der Waals surface area contributed by atoms with Gasteiger partial charge >= 0.3 is 6.18 Å². The van der Waals surface area contributed by atoms with Crippen LogP contribution in [0, 0.1) is 0 Å². The lowest BCUT2D eigenvalue weighted by atomic mass is 10.2. The smallest absolute Gasteiger partial charge is 0.389 e. The maximum absolute atomic E-state index is 11.8. The Hall–Kier alpha value is -1.79. The third-order valence-electron chi connectivity index (χ3n) is 1.92. The number of halogens is 3. The summed E-state index contributed by atoms with van der Waals surface area (Å²) in [6.07, 6.45) is -4.08. The maximum atomic E-state index is 11.8. The second-order valence-electron chi connectivity index (χ2n) is 3.35. The molecule has 7 heteroatoms. The minimum absolute atomic E-state index is 0.117. The van der Waals surface area contributed by atoms with Crippen LogP contribution >= 0.6 is 0 Å². The quantitative estimate of drug-likeness (QED) is 0.799. The molecule has 0 saturated carbocycles. The first-order valence-electron chi connectivity index (χ1n) is 4.89. The average Bonchev–Trinajstić information content (AvgIpc) is 2.23. The molecular formula is C10H11F3N2O2. The predicted octanol–water partition coefficient (Wildman–Crippen LogP) is 1.86. The van der Waals surface area contributed by atoms with Crippen LogP contribution in [0.2, 0.25) is 0 Å². The van der Waals surface area contributed by atoms with Gasteiger partial charge in [-0.15, -0.1) is 0 Å². The molecule has 0 radical (unpaired) electrons. The number of amides is 1. The molecule has 0 aliphatic heterocycles. The van der Waals surface area contributed by atoms with E-state index in [0.717, 1.165) is 0 Å². The van der Waals surface area contributed by atoms with Crippen molar-refractivity contribution in [3.05, 3.63) is 24.0 Å². The minimum atomic E-state index is -4.22. The lowest BCUT2D eigenvalue weighted by Crippen LogP contribution is -2.26. The molecule has 0 aliphatic rings. The van der Waals surface area contributed by atoms with E-state index in [1.165, 1.54) is 18.3 Å². The Morgan fingerprint density at radius 2 is 2.18 bits per heavy atom. The highest BCUT2D eigenvalue weighted by molar-refractivity contribution is 5.94. The second-order valence-corrected chi connectivity index (χ2v) is 3.35. The van der Waals surface area contributed by atoms with Crippen LogP contribution in [0.4, 0.5) is 13.2 Å². The highest BCUT2D eigenvalue weighted by Gasteiger charge is 2.26. The minimum Gasteiger partial charge on any atom is -0.505 e. The molecule has 1 aromatic rings. The van der Waals surface area contributed by atoms with E-state index in [1.54, 1.807) is 0 Å². The largest absolute Gasteiger partial charge is 0.505 e. The molecule has 0 fully saturated rings. The Morgan fingerprint density at radius 3 is 2.76 bits per heavy atom. The fourth-order valence-electron chi connectivity index (χ4n) is 1.15. The highest BCUT2D eigenvalue weighted by atomic mass is 19.4. The summed E-state index contributed by atoms with van der Waals surface area (Å²) in [6, 6.07) is 2.72. The summed E-state index contributed by atoms with van der Waals surface area (Å²) in [5, 5.41) is 11.5. The normalized spacial score (nSPS) is 11.2. The Bertz CT molecular complexity index is 393. The highest BCUT2D eigenvalue weighted by Crippen LogP contribution is 2.20. The molecule has 0 bridgehead atoms. The molecule has 2 N–H and O–H groups in total. The van der Waals surface area contributed by atoms with Crippen molar-refractivity contribution in [3.63, 3.8) is 0 Å². The molecule has 0 atom stereocenters. The van der Waals surface area contributed by atoms with Crippen LogP contribution in [0.1, 0.15) is 23.3 Å². The molecule has 0 aromatic carbocycles. The first-order valence-corrected chi connectivity index (χ1v) is 4.89. The van der Waals surface area contributed by atoms with Crippen LogP contribution in [0.25, 0.3) is 0 Å². The van der Waals surface area contributed by atoms with Crippen LogP contribution in [0.15, 0.2) is 18.3 Å². The SMILES string of the molecule is O=C(NCCCC(F)(F)F)c1ncccc1O. The number of hydrogen-bond donors (Lipinski definition) is 2. The van der Waals surface area contributed by atoms with Crippen molar-refractivity contribution in [1.82, 2.24) is 10.3 Å². The van der Waals surface area contributed by atoms with Crippen LogP contribution in [0.5, 0.6) is 5.75 Å². The molecule has 1 rings (SSSR count). The monoisotopic (exact) mass is 248 g/mol. The zero-order valence-corrected chi connectivity index (χ0v) is 8.79. The Morgan fingerprint density at radius 1 is 1.47 bits per heavy atom. The molecule has 1 heterocycles. The van der Waals surface area contributed by atoms with E-state index in [1.807, 2.05) is 0 Å². The number of rotatable bonds is 4. The van der Waals surface area contributed by atoms with Crippen molar-refractivity contribution in [3.8, 4) is 5.75 Å². The second kappa shape index (κ2) is 5.51. The summed E-state index contributed by atoms with van der Waals surface area (Å²) >= 11 is 0. The van der Waals surface area contributed by atoms with Gasteiger partial charge in [0.15, 0.2) is 5.69 Å². The fourth-order valence-corrected chi connectivity index (χ4v) is 1.15. The maximum Gasteiger partial charge on any atom is 0.389 e. The van der Waals surface area contributed by atoms with Crippen molar-refractivity contribution in [1.29, 1.82) is 0 Å². The Kier molecular flexibility index (Phi) is 4.30. The number of alkyl halides is 3. The van der Waals surface area contributed by atoms with Crippen LogP contribution in [-0.4, -0.2) is 28.7 Å². The molecule has 1 amide bonds. The van der Waals surface area contributed by atoms with E-state index in [2.05, 4.69) is 10.3 Å². The summed E-state index contributed by atoms with van der Waals surface area (Å²) in [5.41, 5.74) is -0.195. The van der Waals surface area contributed by atoms with E-state index in [0.29, 0.717) is 0 Å². The number of aromatic nitrogens is 1. The zero-order valence-electron chi connectivity index (χ0n) is 8.79. The van der Waals surface area contributed by atoms with E-state index in [-0.39, 0.29) is 24.4 Å². The van der Waals surface area contributed by atoms with Crippen molar-refractivity contribution in [2.45, 2.75) is 19.0 Å². The van der Waals surface area contributed by atoms with Crippen LogP contribution in [0.3, 0.4) is 0 Å². The van der Waals surface area contributed by atoms with E-state index < -0.39 is 18.5 Å². The summed E-state index contributed by atoms with van der Waals surface area (Å²) in [7, 11) is 0. The standard InChI is InChI=1S/C10H11F3N2O2/c11-10(12,13)4-2-6-15-9(17)8-7(16)3-1-5-14-8/h1,3,5,16H,2,4,6H2,(H,15,17). The molecule has 94 valence electrons. The number of carbonyl (C=O) groups is 1. The van der Waals surface area contributed by atoms with Crippen molar-refractivity contribution in [2.75, 3.05) is 6.54 Å². The molecule has 0 saturated heterocycles. The first-order chi connectivity index (χ1) is 7.90. The van der Waals surface area contributed by atoms with Gasteiger partial charge in [0.1, 0.15) is 5.75 Å². The number of hydrogen-bond acceptors (Lipinski definition) is 3. The van der Waals surface area contributed by atoms with Crippen molar-refractivity contribution in [2.24, 2.45) is 0 Å². The average molecular weight is 248 g/mol. The Labute approximate surface area is 95.5 Å². The van der Waals surface area contributed by atoms with Gasteiger partial charge in [0.05, 0.1) is 0 Å². The molecular weight excluding hydrogens is 237 g/mol. The molecule has 1 aromatic heterocycles. The van der Waals surface area contributed by atoms with Gasteiger partial charge in [-0.2, -0.15) is 13.2 Å². The van der Waals surface area contributed by atoms with Gasteiger partial charge < -0.3 is 10.4 Å². The lowest BCUT2D eigenvalue weighted by Gasteiger charge is -2.07. The lowest BCUT2D eigenvalue weighted by molar-refractivity contribution is -0.135. The zero-order chi connectivity index (χ0) is 12.9. The molecule has 0 unspecified atom stereocenters. The molecule has 0 spiro atoms. The first kappa shape index (κ1) is 13.3. The number of pyridine rings is 1. The van der Waals surface area contributed by atoms with Gasteiger partial charge in [-0.05, 0) is 18.6 Å². The van der Waals surface area contributed by atoms with E-state index in [4.69, 9.17) is 0 Å². The number of nitrogens with zero attached hydrogens (tertiary/aromatic N) is 1. The van der Waals surface area contributed by atoms with Crippen LogP contribution < -0.4 is 5.32 Å². The Balaban J connectivity index is 2.39. The third-order valence-corrected chi connectivity index (χ3v) is 1.92. The summed E-state index contributed by atoms with van der Waals surface area (Å²) in [5.74, 6) is -0.994. The van der Waals surface area contributed by atoms with Gasteiger partial charge in [0, 0.05) is 19.2 Å². The number of carbonyl (C=O) groups excluding carboxylic acids is 1. The van der Waals surface area contributed by atoms with Crippen molar-refractivity contribution >= 4 is 5.91 Å². The fraction of sp³-hybridized carbons (Fsp3) is 0.400. The predicted molar refractivity (Wildman–Crippen MR) is 53.5 cm³/mol. The third kappa shape index (κ3) is 4.71. The molecule has 17 heavy (non-hydrogen) atoms. The van der Waals surface area contributed by atoms with Gasteiger partial charge in [0.2, 0.25) is 0 Å². The summed E-state index contributed by atoms with van der Waals surface area (Å²) in [6.45, 7) is -0.117. The topological polar surface area (TPSA) is 62.2 Å². The van der Waals surface area contributed by atoms with Gasteiger partial charge in [-0.3, -0.25) is 4.79 Å². The number of aromatic hydroxyl groups is 1. The molecule has 4 nitrogen and oxygen atoms in total. The van der Waals surface area contributed by atoms with E-state index in [9.17, 15) is 23.1 Å². The van der Waals surface area contributed by atoms with Gasteiger partial charge in [-0.1, -0.05) is 0 Å². The van der Waals surface area contributed by atoms with Crippen LogP contribution in [-0.2, 0) is 0 Å².